The highest BCUT2D eigenvalue weighted by molar-refractivity contribution is 5.96. The van der Waals surface area contributed by atoms with Crippen molar-refractivity contribution in [2.24, 2.45) is 11.7 Å². The average molecular weight is 441 g/mol. The largest absolute Gasteiger partial charge is 0.463 e. The third-order valence-electron chi connectivity index (χ3n) is 6.36. The van der Waals surface area contributed by atoms with Crippen molar-refractivity contribution < 1.29 is 9.53 Å². The Hall–Kier alpha value is -2.45. The van der Waals surface area contributed by atoms with Gasteiger partial charge in [0.15, 0.2) is 5.82 Å². The third-order valence-corrected chi connectivity index (χ3v) is 6.36. The van der Waals surface area contributed by atoms with Crippen molar-refractivity contribution >= 4 is 17.4 Å². The smallest absolute Gasteiger partial charge is 0.318 e. The zero-order chi connectivity index (χ0) is 22.3. The van der Waals surface area contributed by atoms with Crippen molar-refractivity contribution in [1.82, 2.24) is 14.9 Å². The highest BCUT2D eigenvalue weighted by Crippen LogP contribution is 2.33. The highest BCUT2D eigenvalue weighted by Gasteiger charge is 2.27. The number of fused-ring (bicyclic) bond motifs is 1. The molecule has 1 aromatic rings. The van der Waals surface area contributed by atoms with Crippen molar-refractivity contribution in [1.29, 1.82) is 0 Å². The average Bonchev–Trinajstić information content (AvgIpc) is 3.26. The van der Waals surface area contributed by atoms with Gasteiger partial charge in [-0.15, -0.1) is 0 Å². The monoisotopic (exact) mass is 440 g/mol. The zero-order valence-corrected chi connectivity index (χ0v) is 19.2. The highest BCUT2D eigenvalue weighted by atomic mass is 16.5. The molecule has 4 rings (SSSR count). The summed E-state index contributed by atoms with van der Waals surface area (Å²) in [5, 5.41) is 2.97. The molecule has 32 heavy (non-hydrogen) atoms. The topological polar surface area (TPSA) is 96.6 Å². The number of nitrogens with zero attached hydrogens (tertiary/aromatic N) is 4. The molecule has 0 aromatic carbocycles. The molecule has 1 saturated heterocycles. The predicted octanol–water partition coefficient (Wildman–Crippen LogP) is 2.86. The molecule has 8 nitrogen and oxygen atoms in total. The van der Waals surface area contributed by atoms with Crippen LogP contribution in [0.5, 0.6) is 6.01 Å². The molecule has 0 spiro atoms. The number of carbonyl (C=O) groups excluding carboxylic acids is 1. The van der Waals surface area contributed by atoms with E-state index in [9.17, 15) is 4.79 Å². The first-order valence-electron chi connectivity index (χ1n) is 12.0. The molecule has 1 unspecified atom stereocenters. The number of aromatic nitrogens is 2. The fraction of sp³-hybridized carbons (Fsp3) is 0.625. The van der Waals surface area contributed by atoms with Gasteiger partial charge in [-0.2, -0.15) is 9.97 Å². The Kier molecular flexibility index (Phi) is 7.76. The van der Waals surface area contributed by atoms with Gasteiger partial charge in [0, 0.05) is 32.6 Å². The lowest BCUT2D eigenvalue weighted by molar-refractivity contribution is -0.116. The second-order valence-corrected chi connectivity index (χ2v) is 8.92. The minimum Gasteiger partial charge on any atom is -0.463 e. The van der Waals surface area contributed by atoms with Crippen LogP contribution in [0.4, 0.5) is 11.5 Å². The van der Waals surface area contributed by atoms with E-state index < -0.39 is 0 Å². The van der Waals surface area contributed by atoms with E-state index in [-0.39, 0.29) is 12.5 Å². The van der Waals surface area contributed by atoms with Crippen LogP contribution in [0.25, 0.3) is 0 Å². The molecular weight excluding hydrogens is 404 g/mol. The van der Waals surface area contributed by atoms with Gasteiger partial charge in [0.1, 0.15) is 5.69 Å². The molecule has 174 valence electrons. The van der Waals surface area contributed by atoms with E-state index in [1.54, 1.807) is 0 Å². The molecule has 1 aromatic heterocycles. The molecule has 3 heterocycles. The van der Waals surface area contributed by atoms with Gasteiger partial charge >= 0.3 is 6.01 Å². The molecule has 1 fully saturated rings. The Bertz CT molecular complexity index is 862. The molecule has 1 amide bonds. The molecule has 0 bridgehead atoms. The number of rotatable bonds is 9. The fourth-order valence-corrected chi connectivity index (χ4v) is 4.51. The van der Waals surface area contributed by atoms with Crippen LogP contribution < -0.4 is 20.7 Å². The van der Waals surface area contributed by atoms with Crippen molar-refractivity contribution in [3.63, 3.8) is 0 Å². The molecule has 8 heteroatoms. The Morgan fingerprint density at radius 2 is 2.09 bits per heavy atom. The van der Waals surface area contributed by atoms with E-state index in [0.29, 0.717) is 42.9 Å². The minimum absolute atomic E-state index is 0.0290. The normalized spacial score (nSPS) is 21.2. The summed E-state index contributed by atoms with van der Waals surface area (Å²) in [6, 6.07) is 0.339. The lowest BCUT2D eigenvalue weighted by Gasteiger charge is -2.28. The van der Waals surface area contributed by atoms with E-state index in [0.717, 1.165) is 38.2 Å². The summed E-state index contributed by atoms with van der Waals surface area (Å²) in [6.45, 7) is 7.80. The van der Waals surface area contributed by atoms with E-state index in [1.165, 1.54) is 31.5 Å². The number of allylic oxidation sites excluding steroid dienone is 1. The van der Waals surface area contributed by atoms with Gasteiger partial charge in [0.05, 0.1) is 12.3 Å². The van der Waals surface area contributed by atoms with Crippen molar-refractivity contribution in [3.05, 3.63) is 29.5 Å². The number of amides is 1. The first-order chi connectivity index (χ1) is 15.7. The van der Waals surface area contributed by atoms with E-state index >= 15 is 0 Å². The van der Waals surface area contributed by atoms with Gasteiger partial charge in [0.2, 0.25) is 5.91 Å². The SMILES string of the molecule is CCCCOc1nc(CN)c2c(n1)N(CC1C=CC(CN3CCCC3)=CC1)CCC(=O)N2. The van der Waals surface area contributed by atoms with Gasteiger partial charge in [-0.1, -0.05) is 31.6 Å². The van der Waals surface area contributed by atoms with Crippen LogP contribution in [0, 0.1) is 5.92 Å². The maximum Gasteiger partial charge on any atom is 0.318 e. The van der Waals surface area contributed by atoms with Crippen LogP contribution in [0.2, 0.25) is 0 Å². The van der Waals surface area contributed by atoms with Crippen LogP contribution >= 0.6 is 0 Å². The first kappa shape index (κ1) is 22.7. The molecule has 3 aliphatic rings. The maximum atomic E-state index is 12.4. The molecule has 1 aliphatic carbocycles. The summed E-state index contributed by atoms with van der Waals surface area (Å²) in [5.41, 5.74) is 8.63. The van der Waals surface area contributed by atoms with Gasteiger partial charge in [-0.3, -0.25) is 9.69 Å². The van der Waals surface area contributed by atoms with Crippen LogP contribution in [-0.4, -0.2) is 60.1 Å². The third kappa shape index (κ3) is 5.66. The van der Waals surface area contributed by atoms with Crippen molar-refractivity contribution in [3.8, 4) is 6.01 Å². The van der Waals surface area contributed by atoms with Crippen LogP contribution in [0.1, 0.15) is 51.1 Å². The van der Waals surface area contributed by atoms with Crippen molar-refractivity contribution in [2.45, 2.75) is 52.0 Å². The number of carbonyl (C=O) groups is 1. The summed E-state index contributed by atoms with van der Waals surface area (Å²) in [4.78, 5) is 26.2. The Morgan fingerprint density at radius 3 is 2.81 bits per heavy atom. The number of anilines is 2. The van der Waals surface area contributed by atoms with Gasteiger partial charge < -0.3 is 20.7 Å². The summed E-state index contributed by atoms with van der Waals surface area (Å²) in [5.74, 6) is 1.07. The number of nitrogens with two attached hydrogens (primary N) is 1. The molecular formula is C24H36N6O2. The minimum atomic E-state index is -0.0290. The van der Waals surface area contributed by atoms with Crippen LogP contribution in [0.3, 0.4) is 0 Å². The van der Waals surface area contributed by atoms with E-state index in [2.05, 4.69) is 45.3 Å². The van der Waals surface area contributed by atoms with Gasteiger partial charge in [0.25, 0.3) is 0 Å². The Morgan fingerprint density at radius 1 is 1.25 bits per heavy atom. The molecule has 2 aliphatic heterocycles. The lowest BCUT2D eigenvalue weighted by Crippen LogP contribution is -2.31. The Labute approximate surface area is 190 Å². The number of unbranched alkanes of at least 4 members (excludes halogenated alkanes) is 1. The summed E-state index contributed by atoms with van der Waals surface area (Å²) >= 11 is 0. The predicted molar refractivity (Wildman–Crippen MR) is 127 cm³/mol. The second-order valence-electron chi connectivity index (χ2n) is 8.92. The number of likely N-dealkylation sites (tertiary alicyclic amines) is 1. The number of hydrogen-bond acceptors (Lipinski definition) is 7. The molecule has 1 atom stereocenters. The quantitative estimate of drug-likeness (QED) is 0.570. The Balaban J connectivity index is 1.48. The van der Waals surface area contributed by atoms with Crippen LogP contribution in [0.15, 0.2) is 23.8 Å². The summed E-state index contributed by atoms with van der Waals surface area (Å²) in [7, 11) is 0. The molecule has 3 N–H and O–H groups in total. The first-order valence-corrected chi connectivity index (χ1v) is 12.0. The number of hydrogen-bond donors (Lipinski definition) is 2. The fourth-order valence-electron chi connectivity index (χ4n) is 4.51. The lowest BCUT2D eigenvalue weighted by atomic mass is 9.95. The maximum absolute atomic E-state index is 12.4. The number of nitrogens with one attached hydrogen (secondary N) is 1. The summed E-state index contributed by atoms with van der Waals surface area (Å²) in [6.07, 6.45) is 13.0. The number of ether oxygens (including phenoxy) is 1. The van der Waals surface area contributed by atoms with E-state index in [1.807, 2.05) is 0 Å². The van der Waals surface area contributed by atoms with Gasteiger partial charge in [-0.25, -0.2) is 0 Å². The molecule has 0 saturated carbocycles. The van der Waals surface area contributed by atoms with Gasteiger partial charge in [-0.05, 0) is 50.3 Å². The molecule has 0 radical (unpaired) electrons. The van der Waals surface area contributed by atoms with Crippen molar-refractivity contribution in [2.75, 3.05) is 49.5 Å². The standard InChI is InChI=1S/C24H36N6O2/c1-2-3-14-32-24-26-20(15-25)22-23(28-24)30(13-10-21(31)27-22)17-19-8-6-18(7-9-19)16-29-11-4-5-12-29/h6-8,19H,2-5,9-17,25H2,1H3,(H,27,31). The second kappa shape index (κ2) is 10.9. The van der Waals surface area contributed by atoms with Crippen LogP contribution in [-0.2, 0) is 11.3 Å². The zero-order valence-electron chi connectivity index (χ0n) is 19.2. The summed E-state index contributed by atoms with van der Waals surface area (Å²) < 4.78 is 5.79. The van der Waals surface area contributed by atoms with E-state index in [4.69, 9.17) is 15.5 Å².